The van der Waals surface area contributed by atoms with Crippen molar-refractivity contribution >= 4 is 11.4 Å². The number of nitrogens with zero attached hydrogens (tertiary/aromatic N) is 3. The highest BCUT2D eigenvalue weighted by atomic mass is 19.4. The van der Waals surface area contributed by atoms with Crippen molar-refractivity contribution in [2.45, 2.75) is 19.1 Å². The van der Waals surface area contributed by atoms with Gasteiger partial charge in [0, 0.05) is 31.7 Å². The van der Waals surface area contributed by atoms with Crippen LogP contribution in [0.4, 0.5) is 24.5 Å². The first-order valence-corrected chi connectivity index (χ1v) is 6.57. The molecule has 0 aliphatic carbocycles. The molecule has 1 aromatic rings. The Morgan fingerprint density at radius 3 is 2.57 bits per heavy atom. The van der Waals surface area contributed by atoms with Crippen LogP contribution in [0.25, 0.3) is 0 Å². The molecule has 21 heavy (non-hydrogen) atoms. The number of hydrogen-bond acceptors (Lipinski definition) is 4. The summed E-state index contributed by atoms with van der Waals surface area (Å²) in [7, 11) is 0. The first-order valence-electron chi connectivity index (χ1n) is 6.57. The van der Waals surface area contributed by atoms with E-state index >= 15 is 0 Å². The van der Waals surface area contributed by atoms with Crippen LogP contribution in [0.2, 0.25) is 0 Å². The molecule has 0 bridgehead atoms. The predicted molar refractivity (Wildman–Crippen MR) is 72.4 cm³/mol. The molecule has 2 rings (SSSR count). The molecule has 116 valence electrons. The molecular weight excluding hydrogens is 287 g/mol. The number of anilines is 1. The fraction of sp³-hybridized carbons (Fsp3) is 0.538. The summed E-state index contributed by atoms with van der Waals surface area (Å²) in [5.74, 6) is 0. The SMILES string of the molecule is CC1CN(c2ccccc2[N+](=O)[O-])CCN1CC(F)(F)F. The Bertz CT molecular complexity index is 522. The molecule has 0 spiro atoms. The molecule has 5 nitrogen and oxygen atoms in total. The zero-order valence-corrected chi connectivity index (χ0v) is 11.5. The molecule has 0 N–H and O–H groups in total. The van der Waals surface area contributed by atoms with Crippen LogP contribution in [0.5, 0.6) is 0 Å². The number of rotatable bonds is 3. The molecule has 1 aliphatic heterocycles. The third-order valence-electron chi connectivity index (χ3n) is 3.57. The zero-order chi connectivity index (χ0) is 15.6. The summed E-state index contributed by atoms with van der Waals surface area (Å²) >= 11 is 0. The normalized spacial score (nSPS) is 20.6. The van der Waals surface area contributed by atoms with E-state index < -0.39 is 17.6 Å². The van der Waals surface area contributed by atoms with Crippen molar-refractivity contribution in [3.63, 3.8) is 0 Å². The fourth-order valence-electron chi connectivity index (χ4n) is 2.57. The van der Waals surface area contributed by atoms with Gasteiger partial charge in [0.15, 0.2) is 0 Å². The maximum Gasteiger partial charge on any atom is 0.401 e. The lowest BCUT2D eigenvalue weighted by Crippen LogP contribution is -2.54. The van der Waals surface area contributed by atoms with E-state index in [1.165, 1.54) is 11.0 Å². The number of halogens is 3. The van der Waals surface area contributed by atoms with Gasteiger partial charge in [0.05, 0.1) is 11.5 Å². The molecular formula is C13H16F3N3O2. The van der Waals surface area contributed by atoms with Crippen LogP contribution in [-0.4, -0.2) is 48.2 Å². The van der Waals surface area contributed by atoms with Crippen molar-refractivity contribution in [3.8, 4) is 0 Å². The lowest BCUT2D eigenvalue weighted by atomic mass is 10.1. The molecule has 1 atom stereocenters. The highest BCUT2D eigenvalue weighted by Crippen LogP contribution is 2.30. The number of para-hydroxylation sites is 2. The summed E-state index contributed by atoms with van der Waals surface area (Å²) in [6, 6.07) is 5.98. The van der Waals surface area contributed by atoms with Crippen molar-refractivity contribution < 1.29 is 18.1 Å². The Balaban J connectivity index is 2.11. The third kappa shape index (κ3) is 3.84. The van der Waals surface area contributed by atoms with Gasteiger partial charge >= 0.3 is 6.18 Å². The molecule has 1 aromatic carbocycles. The molecule has 1 heterocycles. The molecule has 8 heteroatoms. The highest BCUT2D eigenvalue weighted by Gasteiger charge is 2.35. The standard InChI is InChI=1S/C13H16F3N3O2/c1-10-8-17(6-7-18(10)9-13(14,15)16)11-4-2-3-5-12(11)19(20)21/h2-5,10H,6-9H2,1H3. The molecule has 1 saturated heterocycles. The molecule has 1 aliphatic rings. The van der Waals surface area contributed by atoms with Crippen LogP contribution in [0, 0.1) is 10.1 Å². The van der Waals surface area contributed by atoms with Gasteiger partial charge in [-0.15, -0.1) is 0 Å². The Morgan fingerprint density at radius 2 is 2.00 bits per heavy atom. The van der Waals surface area contributed by atoms with Gasteiger partial charge in [-0.1, -0.05) is 12.1 Å². The van der Waals surface area contributed by atoms with E-state index in [0.717, 1.165) is 0 Å². The molecule has 0 saturated carbocycles. The minimum absolute atomic E-state index is 0.0195. The van der Waals surface area contributed by atoms with Gasteiger partial charge in [-0.3, -0.25) is 15.0 Å². The predicted octanol–water partition coefficient (Wildman–Crippen LogP) is 2.67. The van der Waals surface area contributed by atoms with Crippen LogP contribution in [0.1, 0.15) is 6.92 Å². The van der Waals surface area contributed by atoms with Gasteiger partial charge < -0.3 is 4.90 Å². The van der Waals surface area contributed by atoms with Crippen molar-refractivity contribution in [3.05, 3.63) is 34.4 Å². The number of hydrogen-bond donors (Lipinski definition) is 0. The molecule has 1 unspecified atom stereocenters. The average molecular weight is 303 g/mol. The lowest BCUT2D eigenvalue weighted by Gasteiger charge is -2.40. The number of nitro benzene ring substituents is 1. The summed E-state index contributed by atoms with van der Waals surface area (Å²) in [5, 5.41) is 11.0. The second kappa shape index (κ2) is 5.88. The van der Waals surface area contributed by atoms with Gasteiger partial charge in [-0.25, -0.2) is 0 Å². The number of piperazine rings is 1. The van der Waals surface area contributed by atoms with E-state index in [4.69, 9.17) is 0 Å². The maximum atomic E-state index is 12.5. The van der Waals surface area contributed by atoms with Crippen molar-refractivity contribution in [2.75, 3.05) is 31.1 Å². The molecule has 0 radical (unpaired) electrons. The smallest absolute Gasteiger partial charge is 0.363 e. The van der Waals surface area contributed by atoms with E-state index in [0.29, 0.717) is 18.8 Å². The minimum Gasteiger partial charge on any atom is -0.363 e. The van der Waals surface area contributed by atoms with Crippen LogP contribution in [0.3, 0.4) is 0 Å². The highest BCUT2D eigenvalue weighted by molar-refractivity contribution is 5.63. The third-order valence-corrected chi connectivity index (χ3v) is 3.57. The fourth-order valence-corrected chi connectivity index (χ4v) is 2.57. The summed E-state index contributed by atoms with van der Waals surface area (Å²) < 4.78 is 37.4. The summed E-state index contributed by atoms with van der Waals surface area (Å²) in [4.78, 5) is 13.7. The van der Waals surface area contributed by atoms with Gasteiger partial charge in [-0.05, 0) is 13.0 Å². The van der Waals surface area contributed by atoms with E-state index in [2.05, 4.69) is 0 Å². The molecule has 0 aromatic heterocycles. The Labute approximate surface area is 120 Å². The van der Waals surface area contributed by atoms with Gasteiger partial charge in [0.2, 0.25) is 0 Å². The first-order chi connectivity index (χ1) is 9.78. The van der Waals surface area contributed by atoms with E-state index in [9.17, 15) is 23.3 Å². The van der Waals surface area contributed by atoms with Crippen molar-refractivity contribution in [2.24, 2.45) is 0 Å². The van der Waals surface area contributed by atoms with Gasteiger partial charge in [0.25, 0.3) is 5.69 Å². The van der Waals surface area contributed by atoms with Crippen LogP contribution < -0.4 is 4.90 Å². The Hall–Kier alpha value is -1.83. The van der Waals surface area contributed by atoms with Crippen molar-refractivity contribution in [1.82, 2.24) is 4.90 Å². The quantitative estimate of drug-likeness (QED) is 0.636. The average Bonchev–Trinajstić information content (AvgIpc) is 2.39. The summed E-state index contributed by atoms with van der Waals surface area (Å²) in [6.45, 7) is 1.66. The second-order valence-corrected chi connectivity index (χ2v) is 5.13. The van der Waals surface area contributed by atoms with Gasteiger partial charge in [-0.2, -0.15) is 13.2 Å². The minimum atomic E-state index is -4.23. The number of alkyl halides is 3. The number of nitro groups is 1. The Morgan fingerprint density at radius 1 is 1.33 bits per heavy atom. The van der Waals surface area contributed by atoms with Crippen molar-refractivity contribution in [1.29, 1.82) is 0 Å². The van der Waals surface area contributed by atoms with E-state index in [-0.39, 0.29) is 18.3 Å². The Kier molecular flexibility index (Phi) is 4.36. The molecule has 0 amide bonds. The monoisotopic (exact) mass is 303 g/mol. The van der Waals surface area contributed by atoms with E-state index in [1.807, 2.05) is 0 Å². The topological polar surface area (TPSA) is 49.6 Å². The van der Waals surface area contributed by atoms with Crippen LogP contribution in [0.15, 0.2) is 24.3 Å². The second-order valence-electron chi connectivity index (χ2n) is 5.13. The lowest BCUT2D eigenvalue weighted by molar-refractivity contribution is -0.384. The van der Waals surface area contributed by atoms with Gasteiger partial charge in [0.1, 0.15) is 5.69 Å². The van der Waals surface area contributed by atoms with E-state index in [1.54, 1.807) is 30.0 Å². The van der Waals surface area contributed by atoms with Crippen LogP contribution >= 0.6 is 0 Å². The van der Waals surface area contributed by atoms with Crippen LogP contribution in [-0.2, 0) is 0 Å². The largest absolute Gasteiger partial charge is 0.401 e. The maximum absolute atomic E-state index is 12.5. The molecule has 1 fully saturated rings. The number of benzene rings is 1. The first kappa shape index (κ1) is 15.6. The summed E-state index contributed by atoms with van der Waals surface area (Å²) in [5.41, 5.74) is 0.440. The zero-order valence-electron chi connectivity index (χ0n) is 11.5. The summed E-state index contributed by atoms with van der Waals surface area (Å²) in [6.07, 6.45) is -4.23.